The van der Waals surface area contributed by atoms with Crippen LogP contribution in [0.15, 0.2) is 0 Å². The SMILES string of the molecule is CCCC[Si](C)(C)O[C@@H]1CC[C@@]2(C)C(CC[C@@H]3[C@@H]2CC[C@]2(C)C(=O)CC[C@@H]32)C1. The largest absolute Gasteiger partial charge is 0.414 e. The van der Waals surface area contributed by atoms with Gasteiger partial charge >= 0.3 is 0 Å². The molecular weight excluding hydrogens is 360 g/mol. The number of fused-ring (bicyclic) bond motifs is 5. The molecule has 3 heteroatoms. The monoisotopic (exact) mass is 404 g/mol. The highest BCUT2D eigenvalue weighted by molar-refractivity contribution is 6.71. The summed E-state index contributed by atoms with van der Waals surface area (Å²) >= 11 is 0. The molecule has 0 heterocycles. The fourth-order valence-corrected chi connectivity index (χ4v) is 10.6. The maximum absolute atomic E-state index is 12.6. The summed E-state index contributed by atoms with van der Waals surface area (Å²) in [5.74, 6) is 3.80. The molecule has 0 spiro atoms. The third kappa shape index (κ3) is 3.47. The van der Waals surface area contributed by atoms with E-state index in [1.807, 2.05) is 0 Å². The van der Waals surface area contributed by atoms with Crippen molar-refractivity contribution in [3.63, 3.8) is 0 Å². The van der Waals surface area contributed by atoms with E-state index in [2.05, 4.69) is 33.9 Å². The molecule has 0 amide bonds. The van der Waals surface area contributed by atoms with Gasteiger partial charge in [-0.3, -0.25) is 4.79 Å². The van der Waals surface area contributed by atoms with E-state index in [9.17, 15) is 4.79 Å². The summed E-state index contributed by atoms with van der Waals surface area (Å²) in [4.78, 5) is 12.6. The first-order chi connectivity index (χ1) is 13.2. The lowest BCUT2D eigenvalue weighted by Crippen LogP contribution is -2.54. The van der Waals surface area contributed by atoms with Crippen LogP contribution in [0, 0.1) is 34.5 Å². The van der Waals surface area contributed by atoms with Gasteiger partial charge in [0.25, 0.3) is 0 Å². The minimum Gasteiger partial charge on any atom is -0.414 e. The van der Waals surface area contributed by atoms with Gasteiger partial charge < -0.3 is 4.43 Å². The van der Waals surface area contributed by atoms with Crippen LogP contribution >= 0.6 is 0 Å². The summed E-state index contributed by atoms with van der Waals surface area (Å²) in [6, 6.07) is 1.32. The first kappa shape index (κ1) is 21.1. The molecule has 160 valence electrons. The standard InChI is InChI=1S/C25H44O2Si/c1-6-7-16-28(4,5)27-19-12-14-24(2)18(17-19)8-9-20-21-10-11-23(26)25(21,3)15-13-22(20)24/h18-22H,6-17H2,1-5H3/t18?,19-,20+,21+,22+,24+,25+/m1/s1. The van der Waals surface area contributed by atoms with Crippen molar-refractivity contribution >= 4 is 14.1 Å². The number of hydrogen-bond donors (Lipinski definition) is 0. The van der Waals surface area contributed by atoms with Crippen LogP contribution in [0.1, 0.15) is 91.4 Å². The average molecular weight is 405 g/mol. The zero-order valence-corrected chi connectivity index (χ0v) is 20.2. The second-order valence-electron chi connectivity index (χ2n) is 12.0. The fraction of sp³-hybridized carbons (Fsp3) is 0.960. The lowest BCUT2D eigenvalue weighted by molar-refractivity contribution is -0.141. The highest BCUT2D eigenvalue weighted by Gasteiger charge is 2.60. The number of Topliss-reactive ketones (excluding diaryl/α,β-unsaturated/α-hetero) is 1. The Balaban J connectivity index is 1.44. The number of ketones is 1. The summed E-state index contributed by atoms with van der Waals surface area (Å²) in [6.07, 6.45) is 14.4. The van der Waals surface area contributed by atoms with Crippen LogP contribution in [0.3, 0.4) is 0 Å². The third-order valence-electron chi connectivity index (χ3n) is 9.94. The molecule has 0 bridgehead atoms. The van der Waals surface area contributed by atoms with Gasteiger partial charge in [-0.2, -0.15) is 0 Å². The summed E-state index contributed by atoms with van der Waals surface area (Å²) < 4.78 is 6.80. The Morgan fingerprint density at radius 3 is 2.57 bits per heavy atom. The van der Waals surface area contributed by atoms with Crippen LogP contribution in [-0.4, -0.2) is 20.2 Å². The molecule has 0 aromatic heterocycles. The average Bonchev–Trinajstić information content (AvgIpc) is 2.95. The summed E-state index contributed by atoms with van der Waals surface area (Å²) in [5.41, 5.74) is 0.532. The Morgan fingerprint density at radius 2 is 1.82 bits per heavy atom. The van der Waals surface area contributed by atoms with Crippen LogP contribution in [0.2, 0.25) is 19.1 Å². The van der Waals surface area contributed by atoms with Gasteiger partial charge in [0.2, 0.25) is 0 Å². The van der Waals surface area contributed by atoms with Crippen LogP contribution in [0.25, 0.3) is 0 Å². The maximum atomic E-state index is 12.6. The van der Waals surface area contributed by atoms with Gasteiger partial charge in [-0.1, -0.05) is 33.6 Å². The number of rotatable bonds is 5. The smallest absolute Gasteiger partial charge is 0.187 e. The van der Waals surface area contributed by atoms with Crippen LogP contribution < -0.4 is 0 Å². The fourth-order valence-electron chi connectivity index (χ4n) is 8.21. The van der Waals surface area contributed by atoms with Crippen molar-refractivity contribution in [2.75, 3.05) is 0 Å². The molecule has 0 aromatic carbocycles. The van der Waals surface area contributed by atoms with Crippen molar-refractivity contribution < 1.29 is 9.22 Å². The summed E-state index contributed by atoms with van der Waals surface area (Å²) in [6.45, 7) is 12.1. The van der Waals surface area contributed by atoms with E-state index >= 15 is 0 Å². The molecule has 4 aliphatic rings. The minimum atomic E-state index is -1.50. The molecule has 7 atom stereocenters. The van der Waals surface area contributed by atoms with E-state index in [-0.39, 0.29) is 5.41 Å². The Hall–Kier alpha value is -0.153. The number of carbonyl (C=O) groups excluding carboxylic acids is 1. The molecule has 1 unspecified atom stereocenters. The molecule has 4 fully saturated rings. The highest BCUT2D eigenvalue weighted by Crippen LogP contribution is 2.65. The molecule has 4 saturated carbocycles. The molecule has 2 nitrogen and oxygen atoms in total. The van der Waals surface area contributed by atoms with Crippen molar-refractivity contribution in [1.29, 1.82) is 0 Å². The molecule has 0 N–H and O–H groups in total. The van der Waals surface area contributed by atoms with E-state index in [1.165, 1.54) is 63.8 Å². The van der Waals surface area contributed by atoms with E-state index in [0.29, 0.717) is 23.2 Å². The zero-order chi connectivity index (χ0) is 20.2. The van der Waals surface area contributed by atoms with Crippen molar-refractivity contribution in [3.8, 4) is 0 Å². The van der Waals surface area contributed by atoms with Crippen LogP contribution in [0.5, 0.6) is 0 Å². The molecule has 4 aliphatic carbocycles. The van der Waals surface area contributed by atoms with Crippen molar-refractivity contribution in [2.45, 2.75) is 117 Å². The Kier molecular flexibility index (Phi) is 5.66. The van der Waals surface area contributed by atoms with Gasteiger partial charge in [-0.05, 0) is 99.6 Å². The normalized spacial score (nSPS) is 46.0. The maximum Gasteiger partial charge on any atom is 0.187 e. The first-order valence-corrected chi connectivity index (χ1v) is 15.5. The second kappa shape index (κ2) is 7.52. The number of carbonyl (C=O) groups is 1. The zero-order valence-electron chi connectivity index (χ0n) is 19.2. The molecule has 0 radical (unpaired) electrons. The molecule has 0 aromatic rings. The minimum absolute atomic E-state index is 0.0274. The van der Waals surface area contributed by atoms with Gasteiger partial charge in [-0.25, -0.2) is 0 Å². The van der Waals surface area contributed by atoms with Crippen molar-refractivity contribution in [3.05, 3.63) is 0 Å². The van der Waals surface area contributed by atoms with Gasteiger partial charge in [0.05, 0.1) is 0 Å². The van der Waals surface area contributed by atoms with E-state index in [4.69, 9.17) is 4.43 Å². The highest BCUT2D eigenvalue weighted by atomic mass is 28.4. The number of hydrogen-bond acceptors (Lipinski definition) is 2. The number of unbranched alkanes of at least 4 members (excludes halogenated alkanes) is 1. The van der Waals surface area contributed by atoms with E-state index in [0.717, 1.165) is 30.6 Å². The van der Waals surface area contributed by atoms with Gasteiger partial charge in [0.1, 0.15) is 5.78 Å². The van der Waals surface area contributed by atoms with Gasteiger partial charge in [0, 0.05) is 17.9 Å². The van der Waals surface area contributed by atoms with Crippen LogP contribution in [-0.2, 0) is 9.22 Å². The van der Waals surface area contributed by atoms with Crippen molar-refractivity contribution in [2.24, 2.45) is 34.5 Å². The predicted molar refractivity (Wildman–Crippen MR) is 119 cm³/mol. The topological polar surface area (TPSA) is 26.3 Å². The second-order valence-corrected chi connectivity index (χ2v) is 16.2. The molecule has 0 saturated heterocycles. The lowest BCUT2D eigenvalue weighted by Gasteiger charge is -2.60. The first-order valence-electron chi connectivity index (χ1n) is 12.4. The van der Waals surface area contributed by atoms with Gasteiger partial charge in [0.15, 0.2) is 8.32 Å². The lowest BCUT2D eigenvalue weighted by atomic mass is 9.45. The van der Waals surface area contributed by atoms with Crippen molar-refractivity contribution in [1.82, 2.24) is 0 Å². The Bertz CT molecular complexity index is 601. The van der Waals surface area contributed by atoms with E-state index in [1.54, 1.807) is 0 Å². The molecule has 28 heavy (non-hydrogen) atoms. The molecule has 4 rings (SSSR count). The van der Waals surface area contributed by atoms with E-state index < -0.39 is 8.32 Å². The van der Waals surface area contributed by atoms with Crippen LogP contribution in [0.4, 0.5) is 0 Å². The molecule has 0 aliphatic heterocycles. The quantitative estimate of drug-likeness (QED) is 0.462. The summed E-state index contributed by atoms with van der Waals surface area (Å²) in [5, 5.41) is 0. The third-order valence-corrected chi connectivity index (χ3v) is 12.5. The predicted octanol–water partition coefficient (Wildman–Crippen LogP) is 6.99. The Labute approximate surface area is 174 Å². The van der Waals surface area contributed by atoms with Gasteiger partial charge in [-0.15, -0.1) is 0 Å². The Morgan fingerprint density at radius 1 is 1.04 bits per heavy atom. The molecular formula is C25H44O2Si. The summed E-state index contributed by atoms with van der Waals surface area (Å²) in [7, 11) is -1.50.